The topological polar surface area (TPSA) is 41.5 Å². The highest BCUT2D eigenvalue weighted by Crippen LogP contribution is 2.26. The maximum atomic E-state index is 10.4. The Hall–Kier alpha value is -1.84. The van der Waals surface area contributed by atoms with Gasteiger partial charge in [-0.05, 0) is 36.1 Å². The van der Waals surface area contributed by atoms with E-state index in [1.165, 1.54) is 5.56 Å². The molecule has 0 spiro atoms. The fourth-order valence-corrected chi connectivity index (χ4v) is 2.66. The maximum absolute atomic E-state index is 10.4. The van der Waals surface area contributed by atoms with Gasteiger partial charge in [-0.15, -0.1) is 0 Å². The molecule has 1 aliphatic heterocycles. The molecule has 1 unspecified atom stereocenters. The van der Waals surface area contributed by atoms with Gasteiger partial charge in [0.15, 0.2) is 0 Å². The molecule has 0 aromatic heterocycles. The summed E-state index contributed by atoms with van der Waals surface area (Å²) in [4.78, 5) is 0. The molecule has 3 rings (SSSR count). The first-order chi connectivity index (χ1) is 10.3. The molecular formula is C18H21NO2. The average molecular weight is 283 g/mol. The van der Waals surface area contributed by atoms with E-state index in [4.69, 9.17) is 4.74 Å². The van der Waals surface area contributed by atoms with Crippen LogP contribution in [0.3, 0.4) is 0 Å². The predicted molar refractivity (Wildman–Crippen MR) is 83.4 cm³/mol. The van der Waals surface area contributed by atoms with Crippen LogP contribution in [0, 0.1) is 0 Å². The van der Waals surface area contributed by atoms with Crippen LogP contribution in [0.2, 0.25) is 0 Å². The van der Waals surface area contributed by atoms with E-state index in [0.717, 1.165) is 42.8 Å². The van der Waals surface area contributed by atoms with Gasteiger partial charge in [0, 0.05) is 18.7 Å². The van der Waals surface area contributed by atoms with Crippen LogP contribution in [0.25, 0.3) is 0 Å². The van der Waals surface area contributed by atoms with Crippen molar-refractivity contribution in [1.82, 2.24) is 5.32 Å². The number of nitrogens with one attached hydrogen (secondary N) is 1. The second kappa shape index (κ2) is 6.74. The van der Waals surface area contributed by atoms with Crippen LogP contribution < -0.4 is 10.1 Å². The Morgan fingerprint density at radius 3 is 2.86 bits per heavy atom. The van der Waals surface area contributed by atoms with Gasteiger partial charge in [-0.2, -0.15) is 0 Å². The van der Waals surface area contributed by atoms with Crippen LogP contribution in [0.1, 0.15) is 29.2 Å². The highest BCUT2D eigenvalue weighted by molar-refractivity contribution is 5.38. The number of aryl methyl sites for hydroxylation is 1. The second-order valence-electron chi connectivity index (χ2n) is 5.43. The normalized spacial score (nSPS) is 15.7. The Morgan fingerprint density at radius 1 is 1.14 bits per heavy atom. The van der Waals surface area contributed by atoms with Crippen LogP contribution in [0.15, 0.2) is 48.5 Å². The Bertz CT molecular complexity index is 583. The number of ether oxygens (including phenoxy) is 1. The van der Waals surface area contributed by atoms with Crippen molar-refractivity contribution in [2.75, 3.05) is 13.2 Å². The van der Waals surface area contributed by atoms with Crippen LogP contribution in [-0.4, -0.2) is 18.3 Å². The number of aliphatic hydroxyl groups is 1. The maximum Gasteiger partial charge on any atom is 0.123 e. The summed E-state index contributed by atoms with van der Waals surface area (Å²) in [7, 11) is 0. The smallest absolute Gasteiger partial charge is 0.123 e. The van der Waals surface area contributed by atoms with Crippen molar-refractivity contribution in [3.05, 3.63) is 65.2 Å². The third-order valence-electron chi connectivity index (χ3n) is 3.87. The summed E-state index contributed by atoms with van der Waals surface area (Å²) in [5.41, 5.74) is 3.36. The van der Waals surface area contributed by atoms with E-state index in [1.807, 2.05) is 30.3 Å². The zero-order chi connectivity index (χ0) is 14.5. The quantitative estimate of drug-likeness (QED) is 0.906. The molecule has 21 heavy (non-hydrogen) atoms. The van der Waals surface area contributed by atoms with Gasteiger partial charge >= 0.3 is 0 Å². The minimum absolute atomic E-state index is 0.432. The lowest BCUT2D eigenvalue weighted by Crippen LogP contribution is -2.16. The first-order valence-corrected chi connectivity index (χ1v) is 7.51. The molecule has 0 saturated heterocycles. The number of hydrogen-bond acceptors (Lipinski definition) is 3. The second-order valence-corrected chi connectivity index (χ2v) is 5.43. The Kier molecular flexibility index (Phi) is 4.53. The summed E-state index contributed by atoms with van der Waals surface area (Å²) < 4.78 is 5.67. The molecule has 3 nitrogen and oxygen atoms in total. The van der Waals surface area contributed by atoms with E-state index in [2.05, 4.69) is 23.5 Å². The van der Waals surface area contributed by atoms with Gasteiger partial charge < -0.3 is 15.2 Å². The molecule has 1 aliphatic rings. The molecule has 0 aliphatic carbocycles. The summed E-state index contributed by atoms with van der Waals surface area (Å²) in [5, 5.41) is 13.7. The summed E-state index contributed by atoms with van der Waals surface area (Å²) in [5.74, 6) is 0.930. The van der Waals surface area contributed by atoms with E-state index in [-0.39, 0.29) is 0 Å². The SMILES string of the molecule is OC(CCc1ccccc1)c1ccc2c(c1)CNCCO2. The number of rotatable bonds is 4. The third kappa shape index (κ3) is 3.63. The minimum atomic E-state index is -0.432. The third-order valence-corrected chi connectivity index (χ3v) is 3.87. The molecule has 2 aromatic rings. The van der Waals surface area contributed by atoms with Crippen LogP contribution >= 0.6 is 0 Å². The van der Waals surface area contributed by atoms with Crippen molar-refractivity contribution in [3.8, 4) is 5.75 Å². The number of fused-ring (bicyclic) bond motifs is 1. The molecule has 110 valence electrons. The zero-order valence-electron chi connectivity index (χ0n) is 12.1. The van der Waals surface area contributed by atoms with Crippen molar-refractivity contribution < 1.29 is 9.84 Å². The fourth-order valence-electron chi connectivity index (χ4n) is 2.66. The monoisotopic (exact) mass is 283 g/mol. The van der Waals surface area contributed by atoms with Gasteiger partial charge in [-0.1, -0.05) is 36.4 Å². The van der Waals surface area contributed by atoms with Crippen molar-refractivity contribution in [2.45, 2.75) is 25.5 Å². The Labute approximate surface area is 125 Å². The van der Waals surface area contributed by atoms with Gasteiger partial charge in [0.2, 0.25) is 0 Å². The van der Waals surface area contributed by atoms with Gasteiger partial charge in [0.25, 0.3) is 0 Å². The van der Waals surface area contributed by atoms with Crippen LogP contribution in [0.5, 0.6) is 5.75 Å². The predicted octanol–water partition coefficient (Wildman–Crippen LogP) is 2.83. The van der Waals surface area contributed by atoms with E-state index in [9.17, 15) is 5.11 Å². The number of hydrogen-bond donors (Lipinski definition) is 2. The lowest BCUT2D eigenvalue weighted by atomic mass is 9.99. The zero-order valence-corrected chi connectivity index (χ0v) is 12.1. The summed E-state index contributed by atoms with van der Waals surface area (Å²) in [6, 6.07) is 16.3. The van der Waals surface area contributed by atoms with Crippen LogP contribution in [0.4, 0.5) is 0 Å². The molecular weight excluding hydrogens is 262 g/mol. The first-order valence-electron chi connectivity index (χ1n) is 7.51. The van der Waals surface area contributed by atoms with Crippen LogP contribution in [-0.2, 0) is 13.0 Å². The Morgan fingerprint density at radius 2 is 2.00 bits per heavy atom. The molecule has 0 fully saturated rings. The summed E-state index contributed by atoms with van der Waals surface area (Å²) >= 11 is 0. The van der Waals surface area contributed by atoms with Crippen molar-refractivity contribution in [2.24, 2.45) is 0 Å². The van der Waals surface area contributed by atoms with E-state index >= 15 is 0 Å². The van der Waals surface area contributed by atoms with Gasteiger partial charge in [0.05, 0.1) is 6.10 Å². The Balaban J connectivity index is 1.67. The molecule has 2 N–H and O–H groups in total. The molecule has 1 atom stereocenters. The molecule has 3 heteroatoms. The molecule has 0 amide bonds. The van der Waals surface area contributed by atoms with E-state index in [1.54, 1.807) is 0 Å². The molecule has 0 radical (unpaired) electrons. The summed E-state index contributed by atoms with van der Waals surface area (Å²) in [6.45, 7) is 2.36. The highest BCUT2D eigenvalue weighted by atomic mass is 16.5. The molecule has 2 aromatic carbocycles. The van der Waals surface area contributed by atoms with Crippen molar-refractivity contribution in [3.63, 3.8) is 0 Å². The average Bonchev–Trinajstić information content (AvgIpc) is 2.78. The fraction of sp³-hybridized carbons (Fsp3) is 0.333. The number of aliphatic hydroxyl groups excluding tert-OH is 1. The van der Waals surface area contributed by atoms with Gasteiger partial charge in [-0.3, -0.25) is 0 Å². The van der Waals surface area contributed by atoms with Gasteiger partial charge in [-0.25, -0.2) is 0 Å². The summed E-state index contributed by atoms with van der Waals surface area (Å²) in [6.07, 6.45) is 1.18. The highest BCUT2D eigenvalue weighted by Gasteiger charge is 2.13. The molecule has 0 bridgehead atoms. The largest absolute Gasteiger partial charge is 0.492 e. The van der Waals surface area contributed by atoms with Gasteiger partial charge in [0.1, 0.15) is 12.4 Å². The lowest BCUT2D eigenvalue weighted by molar-refractivity contribution is 0.167. The number of benzene rings is 2. The van der Waals surface area contributed by atoms with E-state index < -0.39 is 6.10 Å². The molecule has 1 heterocycles. The van der Waals surface area contributed by atoms with Crippen molar-refractivity contribution in [1.29, 1.82) is 0 Å². The van der Waals surface area contributed by atoms with E-state index in [0.29, 0.717) is 6.61 Å². The van der Waals surface area contributed by atoms with Crippen molar-refractivity contribution >= 4 is 0 Å². The minimum Gasteiger partial charge on any atom is -0.492 e. The lowest BCUT2D eigenvalue weighted by Gasteiger charge is -2.14. The first kappa shape index (κ1) is 14.1. The molecule has 0 saturated carbocycles. The standard InChI is InChI=1S/C18H21NO2/c20-17(8-6-14-4-2-1-3-5-14)15-7-9-18-16(12-15)13-19-10-11-21-18/h1-5,7,9,12,17,19-20H,6,8,10-11,13H2.